The van der Waals surface area contributed by atoms with Crippen LogP contribution in [-0.2, 0) is 14.3 Å². The van der Waals surface area contributed by atoms with Crippen LogP contribution in [0.2, 0.25) is 0 Å². The lowest BCUT2D eigenvalue weighted by molar-refractivity contribution is -0.146. The molecule has 0 aromatic heterocycles. The van der Waals surface area contributed by atoms with E-state index in [1.807, 2.05) is 52.0 Å². The lowest BCUT2D eigenvalue weighted by atomic mass is 9.92. The summed E-state index contributed by atoms with van der Waals surface area (Å²) >= 11 is 0. The van der Waals surface area contributed by atoms with Crippen LogP contribution in [0, 0.1) is 18.8 Å². The second kappa shape index (κ2) is 15.7. The van der Waals surface area contributed by atoms with Crippen molar-refractivity contribution in [3.05, 3.63) is 35.4 Å². The van der Waals surface area contributed by atoms with Crippen LogP contribution in [0.1, 0.15) is 112 Å². The van der Waals surface area contributed by atoms with Crippen molar-refractivity contribution in [2.75, 3.05) is 6.54 Å². The monoisotopic (exact) mass is 531 g/mol. The molecule has 2 N–H and O–H groups in total. The minimum Gasteiger partial charge on any atom is -0.444 e. The quantitative estimate of drug-likeness (QED) is 0.267. The number of benzene rings is 1. The first-order valence-electron chi connectivity index (χ1n) is 14.4. The van der Waals surface area contributed by atoms with Gasteiger partial charge in [0.2, 0.25) is 11.8 Å². The highest BCUT2D eigenvalue weighted by molar-refractivity contribution is 5.92. The zero-order valence-corrected chi connectivity index (χ0v) is 25.5. The highest BCUT2D eigenvalue weighted by atomic mass is 16.6. The van der Waals surface area contributed by atoms with E-state index < -0.39 is 23.8 Å². The Morgan fingerprint density at radius 2 is 1.63 bits per heavy atom. The van der Waals surface area contributed by atoms with E-state index in [0.717, 1.165) is 36.8 Å². The van der Waals surface area contributed by atoms with Gasteiger partial charge in [-0.3, -0.25) is 9.59 Å². The largest absolute Gasteiger partial charge is 0.444 e. The molecule has 0 saturated heterocycles. The SMILES string of the molecule is CCCCNC(=O)C(c1ccccc1C)N(C(=O)C(NC(=O)OC(C)(C)C)C(C)CC)C(C)CCC(C)C. The average molecular weight is 532 g/mol. The molecule has 0 radical (unpaired) electrons. The van der Waals surface area contributed by atoms with Crippen molar-refractivity contribution in [2.24, 2.45) is 11.8 Å². The second-order valence-corrected chi connectivity index (χ2v) is 12.0. The number of amides is 3. The number of carbonyl (C=O) groups excluding carboxylic acids is 3. The molecule has 38 heavy (non-hydrogen) atoms. The van der Waals surface area contributed by atoms with E-state index >= 15 is 0 Å². The third kappa shape index (κ3) is 10.7. The molecule has 7 nitrogen and oxygen atoms in total. The molecule has 0 bridgehead atoms. The van der Waals surface area contributed by atoms with Gasteiger partial charge in [0.1, 0.15) is 17.7 Å². The van der Waals surface area contributed by atoms with Crippen molar-refractivity contribution in [1.82, 2.24) is 15.5 Å². The maximum absolute atomic E-state index is 14.5. The Hall–Kier alpha value is -2.57. The molecule has 1 aromatic rings. The summed E-state index contributed by atoms with van der Waals surface area (Å²) in [5.41, 5.74) is 1.05. The molecule has 4 atom stereocenters. The Balaban J connectivity index is 3.62. The van der Waals surface area contributed by atoms with Gasteiger partial charge in [0, 0.05) is 12.6 Å². The van der Waals surface area contributed by atoms with Gasteiger partial charge in [-0.2, -0.15) is 0 Å². The van der Waals surface area contributed by atoms with Gasteiger partial charge in [0.05, 0.1) is 0 Å². The van der Waals surface area contributed by atoms with Crippen molar-refractivity contribution in [1.29, 1.82) is 0 Å². The second-order valence-electron chi connectivity index (χ2n) is 12.0. The summed E-state index contributed by atoms with van der Waals surface area (Å²) in [6, 6.07) is 5.87. The first-order chi connectivity index (χ1) is 17.7. The lowest BCUT2D eigenvalue weighted by Gasteiger charge is -2.40. The normalized spacial score (nSPS) is 14.8. The van der Waals surface area contributed by atoms with Crippen LogP contribution in [0.25, 0.3) is 0 Å². The van der Waals surface area contributed by atoms with Gasteiger partial charge in [-0.05, 0) is 76.8 Å². The number of ether oxygens (including phenoxy) is 1. The summed E-state index contributed by atoms with van der Waals surface area (Å²) in [5, 5.41) is 5.93. The zero-order valence-electron chi connectivity index (χ0n) is 25.5. The van der Waals surface area contributed by atoms with Crippen LogP contribution in [0.5, 0.6) is 0 Å². The van der Waals surface area contributed by atoms with Gasteiger partial charge in [-0.15, -0.1) is 0 Å². The Morgan fingerprint density at radius 1 is 1.00 bits per heavy atom. The van der Waals surface area contributed by atoms with Crippen LogP contribution < -0.4 is 10.6 Å². The molecular weight excluding hydrogens is 478 g/mol. The van der Waals surface area contributed by atoms with E-state index in [2.05, 4.69) is 31.4 Å². The molecule has 0 aliphatic carbocycles. The van der Waals surface area contributed by atoms with E-state index in [4.69, 9.17) is 4.74 Å². The molecule has 4 unspecified atom stereocenters. The molecule has 1 rings (SSSR count). The fourth-order valence-corrected chi connectivity index (χ4v) is 4.39. The van der Waals surface area contributed by atoms with Crippen LogP contribution in [0.15, 0.2) is 24.3 Å². The summed E-state index contributed by atoms with van der Waals surface area (Å²) in [6.07, 6.45) is 3.52. The third-order valence-electron chi connectivity index (χ3n) is 6.88. The summed E-state index contributed by atoms with van der Waals surface area (Å²) in [7, 11) is 0. The Morgan fingerprint density at radius 3 is 2.16 bits per heavy atom. The van der Waals surface area contributed by atoms with E-state index in [0.29, 0.717) is 18.9 Å². The van der Waals surface area contributed by atoms with Gasteiger partial charge >= 0.3 is 6.09 Å². The molecule has 1 aromatic carbocycles. The molecule has 0 fully saturated rings. The Kier molecular flexibility index (Phi) is 13.9. The summed E-state index contributed by atoms with van der Waals surface area (Å²) < 4.78 is 5.51. The maximum atomic E-state index is 14.5. The first kappa shape index (κ1) is 33.5. The van der Waals surface area contributed by atoms with Gasteiger partial charge in [-0.25, -0.2) is 4.79 Å². The molecule has 0 heterocycles. The van der Waals surface area contributed by atoms with Crippen molar-refractivity contribution >= 4 is 17.9 Å². The van der Waals surface area contributed by atoms with Crippen LogP contribution >= 0.6 is 0 Å². The molecule has 0 aliphatic rings. The summed E-state index contributed by atoms with van der Waals surface area (Å²) in [5.74, 6) is -0.163. The highest BCUT2D eigenvalue weighted by Gasteiger charge is 2.40. The predicted octanol–water partition coefficient (Wildman–Crippen LogP) is 6.55. The Bertz CT molecular complexity index is 893. The van der Waals surface area contributed by atoms with Crippen molar-refractivity contribution in [3.63, 3.8) is 0 Å². The molecule has 0 spiro atoms. The number of alkyl carbamates (subject to hydrolysis) is 1. The number of hydrogen-bond donors (Lipinski definition) is 2. The number of aryl methyl sites for hydroxylation is 1. The molecule has 7 heteroatoms. The van der Waals surface area contributed by atoms with Gasteiger partial charge in [0.15, 0.2) is 0 Å². The molecule has 3 amide bonds. The van der Waals surface area contributed by atoms with Crippen LogP contribution in [0.4, 0.5) is 4.79 Å². The predicted molar refractivity (Wildman–Crippen MR) is 155 cm³/mol. The number of nitrogens with one attached hydrogen (secondary N) is 2. The van der Waals surface area contributed by atoms with E-state index in [-0.39, 0.29) is 23.8 Å². The van der Waals surface area contributed by atoms with Crippen molar-refractivity contribution in [2.45, 2.75) is 125 Å². The highest BCUT2D eigenvalue weighted by Crippen LogP contribution is 2.30. The van der Waals surface area contributed by atoms with E-state index in [1.54, 1.807) is 25.7 Å². The maximum Gasteiger partial charge on any atom is 0.408 e. The van der Waals surface area contributed by atoms with Gasteiger partial charge in [-0.1, -0.05) is 71.7 Å². The number of rotatable bonds is 14. The average Bonchev–Trinajstić information content (AvgIpc) is 2.83. The molecule has 0 saturated carbocycles. The minimum absolute atomic E-state index is 0.157. The number of carbonyl (C=O) groups is 3. The molecule has 216 valence electrons. The number of nitrogens with zero attached hydrogens (tertiary/aromatic N) is 1. The van der Waals surface area contributed by atoms with E-state index in [1.165, 1.54) is 0 Å². The van der Waals surface area contributed by atoms with Gasteiger partial charge in [0.25, 0.3) is 0 Å². The summed E-state index contributed by atoms with van der Waals surface area (Å²) in [6.45, 7) is 20.2. The number of unbranched alkanes of at least 4 members (excludes halogenated alkanes) is 1. The molecule has 0 aliphatic heterocycles. The van der Waals surface area contributed by atoms with E-state index in [9.17, 15) is 14.4 Å². The standard InChI is InChI=1S/C31H53N3O4/c1-11-13-20-32-28(35)27(25-17-15-14-16-23(25)6)34(24(7)19-18-21(3)4)29(36)26(22(5)12-2)33-30(37)38-31(8,9)10/h14-17,21-22,24,26-27H,11-13,18-20H2,1-10H3,(H,32,35)(H,33,37). The smallest absolute Gasteiger partial charge is 0.408 e. The van der Waals surface area contributed by atoms with Crippen molar-refractivity contribution < 1.29 is 19.1 Å². The topological polar surface area (TPSA) is 87.7 Å². The minimum atomic E-state index is -0.827. The fourth-order valence-electron chi connectivity index (χ4n) is 4.39. The Labute approximate surface area is 231 Å². The first-order valence-corrected chi connectivity index (χ1v) is 14.4. The van der Waals surface area contributed by atoms with Crippen molar-refractivity contribution in [3.8, 4) is 0 Å². The number of hydrogen-bond acceptors (Lipinski definition) is 4. The summed E-state index contributed by atoms with van der Waals surface area (Å²) in [4.78, 5) is 42.8. The van der Waals surface area contributed by atoms with Crippen LogP contribution in [-0.4, -0.2) is 47.0 Å². The lowest BCUT2D eigenvalue weighted by Crippen LogP contribution is -2.57. The van der Waals surface area contributed by atoms with Gasteiger partial charge < -0.3 is 20.3 Å². The fraction of sp³-hybridized carbons (Fsp3) is 0.710. The van der Waals surface area contributed by atoms with Crippen LogP contribution in [0.3, 0.4) is 0 Å². The third-order valence-corrected chi connectivity index (χ3v) is 6.88. The zero-order chi connectivity index (χ0) is 29.0. The molecular formula is C31H53N3O4.